The summed E-state index contributed by atoms with van der Waals surface area (Å²) in [6.07, 6.45) is 0.905. The van der Waals surface area contributed by atoms with Gasteiger partial charge in [-0.2, -0.15) is 0 Å². The zero-order chi connectivity index (χ0) is 35.2. The van der Waals surface area contributed by atoms with E-state index in [4.69, 9.17) is 4.43 Å². The maximum atomic E-state index is 15.5. The van der Waals surface area contributed by atoms with Crippen molar-refractivity contribution in [2.24, 2.45) is 0 Å². The zero-order valence-corrected chi connectivity index (χ0v) is 24.9. The molecule has 3 rings (SSSR count). The Morgan fingerprint density at radius 1 is 0.457 bits per heavy atom. The summed E-state index contributed by atoms with van der Waals surface area (Å²) in [5.74, 6) is -46.9. The largest absolute Gasteiger partial charge is 0.533 e. The quantitative estimate of drug-likeness (QED) is 0.0445. The number of nitrogens with zero attached hydrogens (tertiary/aromatic N) is 1. The Hall–Kier alpha value is -3.67. The van der Waals surface area contributed by atoms with E-state index in [1.807, 2.05) is 0 Å². The molecule has 0 aliphatic rings. The molecule has 0 aromatic heterocycles. The Balaban J connectivity index is 2.80. The van der Waals surface area contributed by atoms with Crippen LogP contribution in [0.1, 0.15) is 27.7 Å². The highest BCUT2D eigenvalue weighted by molar-refractivity contribution is 7.07. The molecule has 18 heteroatoms. The molecule has 46 heavy (non-hydrogen) atoms. The van der Waals surface area contributed by atoms with E-state index in [0.717, 1.165) is 13.0 Å². The molecule has 0 saturated heterocycles. The van der Waals surface area contributed by atoms with Crippen molar-refractivity contribution in [2.45, 2.75) is 27.7 Å². The molecule has 0 spiro atoms. The van der Waals surface area contributed by atoms with E-state index in [9.17, 15) is 39.5 Å². The molecule has 0 bridgehead atoms. The summed E-state index contributed by atoms with van der Waals surface area (Å²) in [5.41, 5.74) is 0. The summed E-state index contributed by atoms with van der Waals surface area (Å²) in [7, 11) is -7.40. The van der Waals surface area contributed by atoms with Gasteiger partial charge in [-0.15, -0.1) is 0 Å². The predicted molar refractivity (Wildman–Crippen MR) is 135 cm³/mol. The summed E-state index contributed by atoms with van der Waals surface area (Å²) in [6.45, 7) is 6.56. The van der Waals surface area contributed by atoms with Crippen LogP contribution < -0.4 is 15.6 Å². The second-order valence-electron chi connectivity index (χ2n) is 9.91. The Kier molecular flexibility index (Phi) is 10.6. The highest BCUT2D eigenvalue weighted by Crippen LogP contribution is 2.30. The van der Waals surface area contributed by atoms with Crippen LogP contribution in [0.5, 0.6) is 0 Å². The maximum Gasteiger partial charge on any atom is 0.364 e. The van der Waals surface area contributed by atoms with Crippen LogP contribution in [0.3, 0.4) is 0 Å². The summed E-state index contributed by atoms with van der Waals surface area (Å²) in [4.78, 5) is 0. The van der Waals surface area contributed by atoms with Crippen LogP contribution in [0.15, 0.2) is 11.8 Å². The van der Waals surface area contributed by atoms with Crippen molar-refractivity contribution in [1.82, 2.24) is 0 Å². The number of likely N-dealkylation sites (N-methyl/N-ethyl adjacent to an activating group) is 1. The van der Waals surface area contributed by atoms with E-state index in [0.29, 0.717) is 19.6 Å². The molecule has 3 aromatic carbocycles. The van der Waals surface area contributed by atoms with Gasteiger partial charge in [0, 0.05) is 6.08 Å². The molecule has 0 radical (unpaired) electrons. The minimum atomic E-state index is -7.40. The van der Waals surface area contributed by atoms with Crippen LogP contribution in [-0.4, -0.2) is 39.0 Å². The molecule has 0 unspecified atom stereocenters. The second-order valence-corrected chi connectivity index (χ2v) is 13.0. The van der Waals surface area contributed by atoms with Crippen LogP contribution >= 0.6 is 0 Å². The summed E-state index contributed by atoms with van der Waals surface area (Å²) >= 11 is 0. The van der Waals surface area contributed by atoms with Gasteiger partial charge in [-0.3, -0.25) is 0 Å². The highest BCUT2D eigenvalue weighted by Gasteiger charge is 2.59. The van der Waals surface area contributed by atoms with Crippen LogP contribution in [0.25, 0.3) is 0 Å². The van der Waals surface area contributed by atoms with Crippen molar-refractivity contribution in [3.8, 4) is 0 Å². The highest BCUT2D eigenvalue weighted by atomic mass is 28.4. The van der Waals surface area contributed by atoms with Gasteiger partial charge in [-0.25, -0.2) is 65.9 Å². The number of benzene rings is 3. The SMILES string of the molecule is CC[N+](CC)(CC)C/C=C(/C)O[Si](c1c(F)c(F)c(F)c(F)c1F)(c1c(F)c(F)c(F)c(F)c1F)c1c(F)c(F)c(F)c(F)c1F. The van der Waals surface area contributed by atoms with Gasteiger partial charge in [0.15, 0.2) is 69.8 Å². The molecule has 0 saturated carbocycles. The third kappa shape index (κ3) is 5.52. The van der Waals surface area contributed by atoms with Crippen molar-refractivity contribution >= 4 is 23.9 Å². The zero-order valence-electron chi connectivity index (χ0n) is 23.9. The smallest absolute Gasteiger partial charge is 0.364 e. The Morgan fingerprint density at radius 3 is 0.891 bits per heavy atom. The molecule has 3 aromatic rings. The topological polar surface area (TPSA) is 9.23 Å². The Bertz CT molecular complexity index is 1480. The fraction of sp³-hybridized carbons (Fsp3) is 0.286. The van der Waals surface area contributed by atoms with Crippen LogP contribution in [0, 0.1) is 87.3 Å². The number of hydrogen-bond acceptors (Lipinski definition) is 1. The molecule has 0 heterocycles. The first-order chi connectivity index (χ1) is 21.3. The van der Waals surface area contributed by atoms with Crippen molar-refractivity contribution in [3.63, 3.8) is 0 Å². The van der Waals surface area contributed by atoms with Gasteiger partial charge in [0.25, 0.3) is 0 Å². The minimum Gasteiger partial charge on any atom is -0.533 e. The van der Waals surface area contributed by atoms with E-state index in [1.54, 1.807) is 20.8 Å². The molecular formula is C28H21F15NOSi+. The molecule has 0 aliphatic carbocycles. The van der Waals surface area contributed by atoms with Crippen molar-refractivity contribution in [2.75, 3.05) is 26.2 Å². The van der Waals surface area contributed by atoms with Gasteiger partial charge >= 0.3 is 8.32 Å². The standard InChI is InChI=1S/C28H21F15NOSi/c1-5-44(6-2,7-3)9-8-10(4)45-46(26-20(38)14(32)11(29)15(33)21(26)39,27-22(40)16(34)12(30)17(35)23(27)41)28-24(42)18(36)13(31)19(37)25(28)43/h8H,5-7,9H2,1-4H3/q+1/b10-8-. The molecule has 0 atom stereocenters. The van der Waals surface area contributed by atoms with Crippen molar-refractivity contribution < 1.29 is 74.8 Å². The maximum absolute atomic E-state index is 15.5. The minimum absolute atomic E-state index is 0.114. The molecule has 2 nitrogen and oxygen atoms in total. The molecule has 0 amide bonds. The lowest BCUT2D eigenvalue weighted by molar-refractivity contribution is -0.917. The average Bonchev–Trinajstić information content (AvgIpc) is 3.03. The van der Waals surface area contributed by atoms with Crippen LogP contribution in [0.2, 0.25) is 0 Å². The van der Waals surface area contributed by atoms with Gasteiger partial charge in [0.2, 0.25) is 17.5 Å². The summed E-state index contributed by atoms with van der Waals surface area (Å²) in [5, 5.41) is -8.24. The molecule has 0 N–H and O–H groups in total. The third-order valence-corrected chi connectivity index (χ3v) is 11.8. The van der Waals surface area contributed by atoms with Crippen molar-refractivity contribution in [3.05, 3.63) is 99.1 Å². The first-order valence-electron chi connectivity index (χ1n) is 13.1. The molecular weight excluding hydrogens is 679 g/mol. The van der Waals surface area contributed by atoms with Gasteiger partial charge in [-0.05, 0) is 27.7 Å². The van der Waals surface area contributed by atoms with Crippen LogP contribution in [-0.2, 0) is 4.43 Å². The van der Waals surface area contributed by atoms with Gasteiger partial charge in [0.1, 0.15) is 6.54 Å². The van der Waals surface area contributed by atoms with Gasteiger partial charge in [-0.1, -0.05) is 0 Å². The summed E-state index contributed by atoms with van der Waals surface area (Å²) in [6, 6.07) is 0. The first kappa shape index (κ1) is 36.8. The fourth-order valence-corrected chi connectivity index (χ4v) is 9.07. The summed E-state index contributed by atoms with van der Waals surface area (Å²) < 4.78 is 228. The lowest BCUT2D eigenvalue weighted by Gasteiger charge is -2.37. The molecule has 252 valence electrons. The number of hydrogen-bond donors (Lipinski definition) is 0. The second kappa shape index (κ2) is 13.2. The van der Waals surface area contributed by atoms with Gasteiger partial charge < -0.3 is 8.91 Å². The van der Waals surface area contributed by atoms with E-state index in [2.05, 4.69) is 0 Å². The van der Waals surface area contributed by atoms with Crippen molar-refractivity contribution in [1.29, 1.82) is 0 Å². The number of halogens is 15. The molecule has 0 aliphatic heterocycles. The lowest BCUT2D eigenvalue weighted by atomic mass is 10.3. The normalized spacial score (nSPS) is 12.7. The first-order valence-corrected chi connectivity index (χ1v) is 15.0. The van der Waals surface area contributed by atoms with E-state index >= 15 is 26.3 Å². The number of allylic oxidation sites excluding steroid dienone is 1. The lowest BCUT2D eigenvalue weighted by Crippen LogP contribution is -2.75. The van der Waals surface area contributed by atoms with Gasteiger partial charge in [0.05, 0.1) is 41.0 Å². The van der Waals surface area contributed by atoms with E-state index < -0.39 is 117 Å². The Labute approximate surface area is 252 Å². The monoisotopic (exact) mass is 700 g/mol. The molecule has 0 fully saturated rings. The predicted octanol–water partition coefficient (Wildman–Crippen LogP) is 6.54. The van der Waals surface area contributed by atoms with E-state index in [-0.39, 0.29) is 11.0 Å². The van der Waals surface area contributed by atoms with E-state index in [1.165, 1.54) is 0 Å². The number of quaternary nitrogens is 1. The Morgan fingerprint density at radius 2 is 0.674 bits per heavy atom. The third-order valence-electron chi connectivity index (χ3n) is 7.78. The van der Waals surface area contributed by atoms with Crippen LogP contribution in [0.4, 0.5) is 65.9 Å². The number of rotatable bonds is 10. The average molecular weight is 701 g/mol. The fourth-order valence-electron chi connectivity index (χ4n) is 4.93.